The van der Waals surface area contributed by atoms with Crippen LogP contribution >= 0.6 is 22.9 Å². The van der Waals surface area contributed by atoms with Gasteiger partial charge in [-0.2, -0.15) is 0 Å². The monoisotopic (exact) mass is 294 g/mol. The summed E-state index contributed by atoms with van der Waals surface area (Å²) in [6, 6.07) is 12.5. The highest BCUT2D eigenvalue weighted by atomic mass is 35.5. The van der Waals surface area contributed by atoms with Gasteiger partial charge in [0.25, 0.3) is 0 Å². The maximum atomic E-state index is 5.93. The summed E-state index contributed by atoms with van der Waals surface area (Å²) in [6.45, 7) is 5.01. The number of likely N-dealkylation sites (N-methyl/N-ethyl adjacent to an activating group) is 1. The van der Waals surface area contributed by atoms with Gasteiger partial charge in [0.15, 0.2) is 0 Å². The van der Waals surface area contributed by atoms with Crippen molar-refractivity contribution in [2.24, 2.45) is 0 Å². The standard InChI is InChI=1S/C15H19ClN2S/c1-12-4-3-5-13(10-12)17-8-9-18(2)11-14-6-7-15(16)19-14/h3-7,10,17H,8-9,11H2,1-2H3. The molecule has 0 aliphatic rings. The molecule has 1 heterocycles. The van der Waals surface area contributed by atoms with E-state index in [4.69, 9.17) is 11.6 Å². The molecule has 0 amide bonds. The number of anilines is 1. The van der Waals surface area contributed by atoms with Crippen LogP contribution in [0.5, 0.6) is 0 Å². The Hall–Kier alpha value is -1.03. The number of halogens is 1. The topological polar surface area (TPSA) is 15.3 Å². The first-order chi connectivity index (χ1) is 9.13. The third-order valence-electron chi connectivity index (χ3n) is 2.90. The van der Waals surface area contributed by atoms with Crippen molar-refractivity contribution in [3.05, 3.63) is 51.2 Å². The molecule has 0 saturated carbocycles. The van der Waals surface area contributed by atoms with Crippen LogP contribution in [0.1, 0.15) is 10.4 Å². The van der Waals surface area contributed by atoms with Crippen molar-refractivity contribution in [1.29, 1.82) is 0 Å². The van der Waals surface area contributed by atoms with E-state index in [0.29, 0.717) is 0 Å². The fraction of sp³-hybridized carbons (Fsp3) is 0.333. The molecule has 102 valence electrons. The zero-order valence-corrected chi connectivity index (χ0v) is 12.9. The normalized spacial score (nSPS) is 10.9. The Labute approximate surface area is 124 Å². The van der Waals surface area contributed by atoms with Gasteiger partial charge in [-0.15, -0.1) is 11.3 Å². The van der Waals surface area contributed by atoms with E-state index in [2.05, 4.69) is 54.5 Å². The summed E-state index contributed by atoms with van der Waals surface area (Å²) >= 11 is 7.58. The van der Waals surface area contributed by atoms with Crippen molar-refractivity contribution in [1.82, 2.24) is 4.90 Å². The number of nitrogens with one attached hydrogen (secondary N) is 1. The van der Waals surface area contributed by atoms with Crippen LogP contribution in [-0.2, 0) is 6.54 Å². The fourth-order valence-corrected chi connectivity index (χ4v) is 3.10. The summed E-state index contributed by atoms with van der Waals surface area (Å²) in [5.74, 6) is 0. The van der Waals surface area contributed by atoms with Gasteiger partial charge >= 0.3 is 0 Å². The van der Waals surface area contributed by atoms with Crippen molar-refractivity contribution >= 4 is 28.6 Å². The lowest BCUT2D eigenvalue weighted by molar-refractivity contribution is 0.343. The molecule has 19 heavy (non-hydrogen) atoms. The molecule has 0 unspecified atom stereocenters. The highest BCUT2D eigenvalue weighted by Gasteiger charge is 2.03. The van der Waals surface area contributed by atoms with E-state index in [-0.39, 0.29) is 0 Å². The van der Waals surface area contributed by atoms with E-state index in [1.165, 1.54) is 16.1 Å². The predicted octanol–water partition coefficient (Wildman–Crippen LogP) is 4.25. The van der Waals surface area contributed by atoms with Crippen molar-refractivity contribution < 1.29 is 0 Å². The summed E-state index contributed by atoms with van der Waals surface area (Å²) in [4.78, 5) is 3.60. The number of aryl methyl sites for hydroxylation is 1. The van der Waals surface area contributed by atoms with Crippen LogP contribution in [0, 0.1) is 6.92 Å². The Kier molecular flexibility index (Phi) is 5.25. The van der Waals surface area contributed by atoms with Gasteiger partial charge in [-0.05, 0) is 43.8 Å². The molecule has 0 aliphatic carbocycles. The molecule has 0 radical (unpaired) electrons. The Morgan fingerprint density at radius 2 is 2.11 bits per heavy atom. The summed E-state index contributed by atoms with van der Waals surface area (Å²) in [6.07, 6.45) is 0. The van der Waals surface area contributed by atoms with E-state index in [9.17, 15) is 0 Å². The van der Waals surface area contributed by atoms with Crippen LogP contribution in [0.25, 0.3) is 0 Å². The molecule has 1 N–H and O–H groups in total. The van der Waals surface area contributed by atoms with Crippen LogP contribution < -0.4 is 5.32 Å². The highest BCUT2D eigenvalue weighted by molar-refractivity contribution is 7.16. The molecule has 1 aromatic carbocycles. The van der Waals surface area contributed by atoms with Crippen molar-refractivity contribution in [3.8, 4) is 0 Å². The molecule has 2 rings (SSSR count). The van der Waals surface area contributed by atoms with Gasteiger partial charge in [-0.3, -0.25) is 4.90 Å². The van der Waals surface area contributed by atoms with Gasteiger partial charge in [0.2, 0.25) is 0 Å². The first kappa shape index (κ1) is 14.4. The number of benzene rings is 1. The van der Waals surface area contributed by atoms with Gasteiger partial charge in [0.1, 0.15) is 0 Å². The lowest BCUT2D eigenvalue weighted by Crippen LogP contribution is -2.24. The first-order valence-corrected chi connectivity index (χ1v) is 7.56. The van der Waals surface area contributed by atoms with Crippen LogP contribution in [0.2, 0.25) is 4.34 Å². The zero-order chi connectivity index (χ0) is 13.7. The maximum absolute atomic E-state index is 5.93. The third kappa shape index (κ3) is 4.86. The molecular weight excluding hydrogens is 276 g/mol. The van der Waals surface area contributed by atoms with Crippen LogP contribution in [0.3, 0.4) is 0 Å². The third-order valence-corrected chi connectivity index (χ3v) is 4.11. The highest BCUT2D eigenvalue weighted by Crippen LogP contribution is 2.22. The minimum absolute atomic E-state index is 0.862. The van der Waals surface area contributed by atoms with Crippen molar-refractivity contribution in [3.63, 3.8) is 0 Å². The summed E-state index contributed by atoms with van der Waals surface area (Å²) < 4.78 is 0.862. The average molecular weight is 295 g/mol. The molecule has 0 atom stereocenters. The lowest BCUT2D eigenvalue weighted by atomic mass is 10.2. The average Bonchev–Trinajstić information content (AvgIpc) is 2.75. The zero-order valence-electron chi connectivity index (χ0n) is 11.3. The largest absolute Gasteiger partial charge is 0.384 e. The Morgan fingerprint density at radius 1 is 1.26 bits per heavy atom. The SMILES string of the molecule is Cc1cccc(NCCN(C)Cc2ccc(Cl)s2)c1. The van der Waals surface area contributed by atoms with Gasteiger partial charge in [-0.25, -0.2) is 0 Å². The molecule has 0 aliphatic heterocycles. The summed E-state index contributed by atoms with van der Waals surface area (Å²) in [5, 5.41) is 3.44. The quantitative estimate of drug-likeness (QED) is 0.856. The summed E-state index contributed by atoms with van der Waals surface area (Å²) in [7, 11) is 2.13. The minimum Gasteiger partial charge on any atom is -0.384 e. The lowest BCUT2D eigenvalue weighted by Gasteiger charge is -2.16. The molecule has 2 nitrogen and oxygen atoms in total. The smallest absolute Gasteiger partial charge is 0.0931 e. The fourth-order valence-electron chi connectivity index (χ4n) is 1.93. The number of thiophene rings is 1. The van der Waals surface area contributed by atoms with Crippen LogP contribution in [0.4, 0.5) is 5.69 Å². The molecule has 0 bridgehead atoms. The molecule has 1 aromatic heterocycles. The summed E-state index contributed by atoms with van der Waals surface area (Å²) in [5.41, 5.74) is 2.47. The molecule has 2 aromatic rings. The van der Waals surface area contributed by atoms with E-state index < -0.39 is 0 Å². The minimum atomic E-state index is 0.862. The van der Waals surface area contributed by atoms with E-state index in [1.54, 1.807) is 11.3 Å². The second-order valence-corrected chi connectivity index (χ2v) is 6.54. The Bertz CT molecular complexity index is 524. The number of rotatable bonds is 6. The van der Waals surface area contributed by atoms with Crippen molar-refractivity contribution in [2.45, 2.75) is 13.5 Å². The molecular formula is C15H19ClN2S. The number of hydrogen-bond donors (Lipinski definition) is 1. The van der Waals surface area contributed by atoms with Gasteiger partial charge < -0.3 is 5.32 Å². The molecule has 0 fully saturated rings. The van der Waals surface area contributed by atoms with Crippen LogP contribution in [-0.4, -0.2) is 25.0 Å². The van der Waals surface area contributed by atoms with E-state index in [1.807, 2.05) is 6.07 Å². The Balaban J connectivity index is 1.73. The van der Waals surface area contributed by atoms with E-state index in [0.717, 1.165) is 24.0 Å². The van der Waals surface area contributed by atoms with Crippen LogP contribution in [0.15, 0.2) is 36.4 Å². The second-order valence-electron chi connectivity index (χ2n) is 4.74. The predicted molar refractivity (Wildman–Crippen MR) is 85.3 cm³/mol. The molecule has 0 spiro atoms. The number of nitrogens with zero attached hydrogens (tertiary/aromatic N) is 1. The number of hydrogen-bond acceptors (Lipinski definition) is 3. The van der Waals surface area contributed by atoms with Crippen molar-refractivity contribution in [2.75, 3.05) is 25.5 Å². The molecule has 4 heteroatoms. The van der Waals surface area contributed by atoms with E-state index >= 15 is 0 Å². The van der Waals surface area contributed by atoms with Gasteiger partial charge in [-0.1, -0.05) is 23.7 Å². The first-order valence-electron chi connectivity index (χ1n) is 6.37. The second kappa shape index (κ2) is 6.94. The van der Waals surface area contributed by atoms with Gasteiger partial charge in [0, 0.05) is 30.2 Å². The molecule has 0 saturated heterocycles. The Morgan fingerprint density at radius 3 is 2.79 bits per heavy atom. The maximum Gasteiger partial charge on any atom is 0.0931 e. The van der Waals surface area contributed by atoms with Gasteiger partial charge in [0.05, 0.1) is 4.34 Å².